The molecule has 0 aromatic carbocycles. The summed E-state index contributed by atoms with van der Waals surface area (Å²) in [6, 6.07) is 0. The van der Waals surface area contributed by atoms with Crippen molar-refractivity contribution in [2.24, 2.45) is 17.8 Å². The van der Waals surface area contributed by atoms with E-state index in [2.05, 4.69) is 6.92 Å². The van der Waals surface area contributed by atoms with Crippen molar-refractivity contribution in [3.63, 3.8) is 0 Å². The SMILES string of the molecule is CCC(=O)CCCN1C(=O)C2CC(C)CC2C1=O. The average molecular weight is 251 g/mol. The fraction of sp³-hybridized carbons (Fsp3) is 0.786. The fourth-order valence-corrected chi connectivity index (χ4v) is 3.18. The number of likely N-dealkylation sites (tertiary alicyclic amines) is 1. The number of nitrogens with zero attached hydrogens (tertiary/aromatic N) is 1. The molecule has 2 fully saturated rings. The Morgan fingerprint density at radius 1 is 1.22 bits per heavy atom. The number of carbonyl (C=O) groups is 3. The summed E-state index contributed by atoms with van der Waals surface area (Å²) >= 11 is 0. The number of imide groups is 1. The zero-order chi connectivity index (χ0) is 13.3. The van der Waals surface area contributed by atoms with Gasteiger partial charge in [-0.15, -0.1) is 0 Å². The van der Waals surface area contributed by atoms with Crippen LogP contribution in [0.2, 0.25) is 0 Å². The summed E-state index contributed by atoms with van der Waals surface area (Å²) in [5, 5.41) is 0. The lowest BCUT2D eigenvalue weighted by molar-refractivity contribution is -0.140. The molecule has 0 aromatic rings. The molecule has 2 atom stereocenters. The van der Waals surface area contributed by atoms with Crippen LogP contribution in [0.5, 0.6) is 0 Å². The zero-order valence-electron chi connectivity index (χ0n) is 11.1. The smallest absolute Gasteiger partial charge is 0.233 e. The summed E-state index contributed by atoms with van der Waals surface area (Å²) in [6.07, 6.45) is 3.31. The molecular formula is C14H21NO3. The van der Waals surface area contributed by atoms with Gasteiger partial charge in [-0.3, -0.25) is 19.3 Å². The van der Waals surface area contributed by atoms with E-state index in [4.69, 9.17) is 0 Å². The van der Waals surface area contributed by atoms with E-state index < -0.39 is 0 Å². The normalized spacial score (nSPS) is 31.0. The highest BCUT2D eigenvalue weighted by atomic mass is 16.2. The van der Waals surface area contributed by atoms with Gasteiger partial charge in [0.15, 0.2) is 0 Å². The predicted molar refractivity (Wildman–Crippen MR) is 66.6 cm³/mol. The monoisotopic (exact) mass is 251 g/mol. The van der Waals surface area contributed by atoms with Gasteiger partial charge in [0, 0.05) is 19.4 Å². The Kier molecular flexibility index (Phi) is 3.83. The van der Waals surface area contributed by atoms with Gasteiger partial charge in [-0.05, 0) is 25.2 Å². The Morgan fingerprint density at radius 2 is 1.78 bits per heavy atom. The van der Waals surface area contributed by atoms with Crippen molar-refractivity contribution in [1.29, 1.82) is 0 Å². The van der Waals surface area contributed by atoms with Crippen LogP contribution in [-0.2, 0) is 14.4 Å². The first-order chi connectivity index (χ1) is 8.54. The van der Waals surface area contributed by atoms with Gasteiger partial charge in [0.05, 0.1) is 11.8 Å². The number of carbonyl (C=O) groups excluding carboxylic acids is 3. The summed E-state index contributed by atoms with van der Waals surface area (Å²) in [4.78, 5) is 36.8. The highest BCUT2D eigenvalue weighted by Gasteiger charge is 2.51. The van der Waals surface area contributed by atoms with Crippen LogP contribution in [0.15, 0.2) is 0 Å². The lowest BCUT2D eigenvalue weighted by Gasteiger charge is -2.16. The van der Waals surface area contributed by atoms with Crippen molar-refractivity contribution < 1.29 is 14.4 Å². The number of amides is 2. The second kappa shape index (κ2) is 5.21. The van der Waals surface area contributed by atoms with Crippen molar-refractivity contribution in [1.82, 2.24) is 4.90 Å². The third kappa shape index (κ3) is 2.33. The topological polar surface area (TPSA) is 54.5 Å². The van der Waals surface area contributed by atoms with E-state index in [1.807, 2.05) is 6.92 Å². The second-order valence-electron chi connectivity index (χ2n) is 5.61. The van der Waals surface area contributed by atoms with Crippen molar-refractivity contribution in [2.75, 3.05) is 6.54 Å². The lowest BCUT2D eigenvalue weighted by Crippen LogP contribution is -2.33. The molecule has 1 aliphatic carbocycles. The van der Waals surface area contributed by atoms with Gasteiger partial charge in [-0.1, -0.05) is 13.8 Å². The molecule has 2 amide bonds. The number of fused-ring (bicyclic) bond motifs is 1. The van der Waals surface area contributed by atoms with E-state index in [0.717, 1.165) is 12.8 Å². The molecule has 2 unspecified atom stereocenters. The molecule has 0 radical (unpaired) electrons. The summed E-state index contributed by atoms with van der Waals surface area (Å²) in [5.41, 5.74) is 0. The van der Waals surface area contributed by atoms with E-state index in [9.17, 15) is 14.4 Å². The first-order valence-electron chi connectivity index (χ1n) is 6.91. The van der Waals surface area contributed by atoms with Crippen LogP contribution in [0.3, 0.4) is 0 Å². The molecule has 0 spiro atoms. The largest absolute Gasteiger partial charge is 0.300 e. The summed E-state index contributed by atoms with van der Waals surface area (Å²) in [7, 11) is 0. The summed E-state index contributed by atoms with van der Waals surface area (Å²) in [6.45, 7) is 4.36. The van der Waals surface area contributed by atoms with Crippen LogP contribution in [0.4, 0.5) is 0 Å². The molecule has 2 aliphatic rings. The molecule has 1 heterocycles. The van der Waals surface area contributed by atoms with Gasteiger partial charge >= 0.3 is 0 Å². The Bertz CT molecular complexity index is 353. The van der Waals surface area contributed by atoms with Gasteiger partial charge in [0.25, 0.3) is 0 Å². The van der Waals surface area contributed by atoms with E-state index >= 15 is 0 Å². The average Bonchev–Trinajstić information content (AvgIpc) is 2.82. The van der Waals surface area contributed by atoms with Crippen LogP contribution in [-0.4, -0.2) is 29.0 Å². The fourth-order valence-electron chi connectivity index (χ4n) is 3.18. The van der Waals surface area contributed by atoms with Gasteiger partial charge in [-0.2, -0.15) is 0 Å². The van der Waals surface area contributed by atoms with Crippen LogP contribution < -0.4 is 0 Å². The van der Waals surface area contributed by atoms with Crippen molar-refractivity contribution in [3.8, 4) is 0 Å². The maximum atomic E-state index is 12.1. The molecule has 0 aromatic heterocycles. The molecule has 18 heavy (non-hydrogen) atoms. The maximum absolute atomic E-state index is 12.1. The second-order valence-corrected chi connectivity index (χ2v) is 5.61. The van der Waals surface area contributed by atoms with Crippen molar-refractivity contribution >= 4 is 17.6 Å². The van der Waals surface area contributed by atoms with Crippen molar-refractivity contribution in [2.45, 2.75) is 46.0 Å². The minimum absolute atomic E-state index is 0.00158. The maximum Gasteiger partial charge on any atom is 0.233 e. The Hall–Kier alpha value is -1.19. The standard InChI is InChI=1S/C14H21NO3/c1-3-10(16)5-4-6-15-13(17)11-7-9(2)8-12(11)14(15)18/h9,11-12H,3-8H2,1-2H3. The van der Waals surface area contributed by atoms with Crippen LogP contribution in [0.25, 0.3) is 0 Å². The molecule has 100 valence electrons. The minimum Gasteiger partial charge on any atom is -0.300 e. The molecule has 1 saturated heterocycles. The third-order valence-electron chi connectivity index (χ3n) is 4.20. The van der Waals surface area contributed by atoms with Crippen LogP contribution >= 0.6 is 0 Å². The van der Waals surface area contributed by atoms with Gasteiger partial charge in [0.1, 0.15) is 5.78 Å². The molecule has 0 bridgehead atoms. The highest BCUT2D eigenvalue weighted by molar-refractivity contribution is 6.05. The first kappa shape index (κ1) is 13.2. The number of rotatable bonds is 5. The van der Waals surface area contributed by atoms with Crippen LogP contribution in [0, 0.1) is 17.8 Å². The lowest BCUT2D eigenvalue weighted by atomic mass is 10.00. The van der Waals surface area contributed by atoms with Gasteiger partial charge in [0.2, 0.25) is 11.8 Å². The molecule has 1 saturated carbocycles. The van der Waals surface area contributed by atoms with Gasteiger partial charge in [-0.25, -0.2) is 0 Å². The molecule has 0 N–H and O–H groups in total. The predicted octanol–water partition coefficient (Wildman–Crippen LogP) is 1.78. The van der Waals surface area contributed by atoms with E-state index in [0.29, 0.717) is 31.7 Å². The molecule has 4 heteroatoms. The first-order valence-corrected chi connectivity index (χ1v) is 6.91. The molecule has 4 nitrogen and oxygen atoms in total. The van der Waals surface area contributed by atoms with Gasteiger partial charge < -0.3 is 0 Å². The summed E-state index contributed by atoms with van der Waals surface area (Å²) < 4.78 is 0. The molecular weight excluding hydrogens is 230 g/mol. The van der Waals surface area contributed by atoms with Crippen molar-refractivity contribution in [3.05, 3.63) is 0 Å². The number of ketones is 1. The quantitative estimate of drug-likeness (QED) is 0.700. The third-order valence-corrected chi connectivity index (χ3v) is 4.20. The van der Waals surface area contributed by atoms with Crippen LogP contribution in [0.1, 0.15) is 46.0 Å². The number of hydrogen-bond acceptors (Lipinski definition) is 3. The number of hydrogen-bond donors (Lipinski definition) is 0. The Balaban J connectivity index is 1.90. The summed E-state index contributed by atoms with van der Waals surface area (Å²) in [5.74, 6) is 0.528. The van der Waals surface area contributed by atoms with E-state index in [-0.39, 0.29) is 29.4 Å². The number of Topliss-reactive ketones (excluding diaryl/α,β-unsaturated/α-hetero) is 1. The molecule has 1 aliphatic heterocycles. The Labute approximate surface area is 108 Å². The van der Waals surface area contributed by atoms with E-state index in [1.54, 1.807) is 0 Å². The zero-order valence-corrected chi connectivity index (χ0v) is 11.1. The Morgan fingerprint density at radius 3 is 2.28 bits per heavy atom. The van der Waals surface area contributed by atoms with E-state index in [1.165, 1.54) is 4.90 Å². The highest BCUT2D eigenvalue weighted by Crippen LogP contribution is 2.42. The molecule has 2 rings (SSSR count). The minimum atomic E-state index is -0.0747.